The van der Waals surface area contributed by atoms with Gasteiger partial charge in [-0.25, -0.2) is 8.78 Å². The summed E-state index contributed by atoms with van der Waals surface area (Å²) in [5.41, 5.74) is 6.56. The number of aromatic nitrogens is 2. The molecule has 2 atom stereocenters. The lowest BCUT2D eigenvalue weighted by molar-refractivity contribution is 0.0174. The number of benzene rings is 2. The molecule has 9 heteroatoms. The van der Waals surface area contributed by atoms with E-state index < -0.39 is 29.5 Å². The summed E-state index contributed by atoms with van der Waals surface area (Å²) in [6.07, 6.45) is -0.739. The first-order valence-corrected chi connectivity index (χ1v) is 9.94. The molecule has 0 spiro atoms. The highest BCUT2D eigenvalue weighted by Gasteiger charge is 2.26. The van der Waals surface area contributed by atoms with E-state index in [4.69, 9.17) is 5.73 Å². The minimum absolute atomic E-state index is 0.0381. The SMILES string of the molecule is C[C@H](O)c1cccc(-n2nc(C(=O)N[C@H](C)c3cc(N)cc(C(C)(F)F)c3)ccc2=O)c1. The van der Waals surface area contributed by atoms with Crippen LogP contribution in [0.5, 0.6) is 0 Å². The molecule has 4 N–H and O–H groups in total. The zero-order chi connectivity index (χ0) is 23.6. The van der Waals surface area contributed by atoms with Crippen LogP contribution in [0.2, 0.25) is 0 Å². The highest BCUT2D eigenvalue weighted by Crippen LogP contribution is 2.31. The minimum atomic E-state index is -3.08. The number of rotatable bonds is 6. The first-order chi connectivity index (χ1) is 15.0. The third kappa shape index (κ3) is 5.17. The van der Waals surface area contributed by atoms with Gasteiger partial charge >= 0.3 is 0 Å². The fourth-order valence-electron chi connectivity index (χ4n) is 3.17. The van der Waals surface area contributed by atoms with E-state index in [1.54, 1.807) is 38.1 Å². The Morgan fingerprint density at radius 1 is 1.12 bits per heavy atom. The van der Waals surface area contributed by atoms with Crippen LogP contribution in [-0.4, -0.2) is 20.8 Å². The number of nitrogens with two attached hydrogens (primary N) is 1. The van der Waals surface area contributed by atoms with Crippen LogP contribution >= 0.6 is 0 Å². The summed E-state index contributed by atoms with van der Waals surface area (Å²) in [5.74, 6) is -3.67. The highest BCUT2D eigenvalue weighted by atomic mass is 19.3. The number of hydrogen-bond donors (Lipinski definition) is 3. The van der Waals surface area contributed by atoms with E-state index in [1.165, 1.54) is 30.3 Å². The summed E-state index contributed by atoms with van der Waals surface area (Å²) in [7, 11) is 0. The third-order valence-corrected chi connectivity index (χ3v) is 4.96. The molecule has 168 valence electrons. The molecule has 1 aromatic heterocycles. The molecule has 7 nitrogen and oxygen atoms in total. The van der Waals surface area contributed by atoms with Crippen molar-refractivity contribution >= 4 is 11.6 Å². The quantitative estimate of drug-likeness (QED) is 0.507. The van der Waals surface area contributed by atoms with Gasteiger partial charge in [0.1, 0.15) is 5.69 Å². The Labute approximate surface area is 183 Å². The van der Waals surface area contributed by atoms with E-state index in [9.17, 15) is 23.5 Å². The van der Waals surface area contributed by atoms with Crippen LogP contribution in [0.25, 0.3) is 5.69 Å². The number of halogens is 2. The van der Waals surface area contributed by atoms with Gasteiger partial charge in [-0.05, 0) is 61.4 Å². The Kier molecular flexibility index (Phi) is 6.40. The zero-order valence-electron chi connectivity index (χ0n) is 17.8. The molecule has 2 aromatic carbocycles. The van der Waals surface area contributed by atoms with Crippen molar-refractivity contribution in [1.82, 2.24) is 15.1 Å². The Morgan fingerprint density at radius 2 is 1.84 bits per heavy atom. The Morgan fingerprint density at radius 3 is 2.50 bits per heavy atom. The van der Waals surface area contributed by atoms with E-state index in [0.29, 0.717) is 16.8 Å². The summed E-state index contributed by atoms with van der Waals surface area (Å²) in [4.78, 5) is 25.1. The molecule has 0 aliphatic rings. The second kappa shape index (κ2) is 8.88. The Bertz CT molecular complexity index is 1200. The average molecular weight is 442 g/mol. The van der Waals surface area contributed by atoms with Crippen LogP contribution in [0.3, 0.4) is 0 Å². The smallest absolute Gasteiger partial charge is 0.272 e. The lowest BCUT2D eigenvalue weighted by Crippen LogP contribution is -2.31. The number of alkyl halides is 2. The van der Waals surface area contributed by atoms with Gasteiger partial charge in [-0.2, -0.15) is 9.78 Å². The van der Waals surface area contributed by atoms with Crippen molar-refractivity contribution in [3.8, 4) is 5.69 Å². The maximum absolute atomic E-state index is 13.7. The van der Waals surface area contributed by atoms with Gasteiger partial charge in [-0.15, -0.1) is 0 Å². The van der Waals surface area contributed by atoms with Gasteiger partial charge in [-0.3, -0.25) is 9.59 Å². The lowest BCUT2D eigenvalue weighted by Gasteiger charge is -2.18. The number of carbonyl (C=O) groups is 1. The van der Waals surface area contributed by atoms with Gasteiger partial charge in [0, 0.05) is 24.2 Å². The van der Waals surface area contributed by atoms with Crippen molar-refractivity contribution in [2.75, 3.05) is 5.73 Å². The van der Waals surface area contributed by atoms with E-state index in [1.807, 2.05) is 0 Å². The van der Waals surface area contributed by atoms with Crippen LogP contribution in [0, 0.1) is 0 Å². The number of hydrogen-bond acceptors (Lipinski definition) is 5. The predicted molar refractivity (Wildman–Crippen MR) is 117 cm³/mol. The largest absolute Gasteiger partial charge is 0.399 e. The van der Waals surface area contributed by atoms with Crippen molar-refractivity contribution < 1.29 is 18.7 Å². The fraction of sp³-hybridized carbons (Fsp3) is 0.261. The molecule has 1 amide bonds. The predicted octanol–water partition coefficient (Wildman–Crippen LogP) is 3.47. The second-order valence-electron chi connectivity index (χ2n) is 7.71. The number of nitrogens with one attached hydrogen (secondary N) is 1. The molecule has 3 aromatic rings. The van der Waals surface area contributed by atoms with Crippen molar-refractivity contribution in [3.63, 3.8) is 0 Å². The third-order valence-electron chi connectivity index (χ3n) is 4.96. The van der Waals surface area contributed by atoms with E-state index >= 15 is 0 Å². The summed E-state index contributed by atoms with van der Waals surface area (Å²) in [6, 6.07) is 12.4. The van der Waals surface area contributed by atoms with E-state index in [-0.39, 0.29) is 16.9 Å². The van der Waals surface area contributed by atoms with Crippen LogP contribution in [0.1, 0.15) is 60.1 Å². The summed E-state index contributed by atoms with van der Waals surface area (Å²) in [6.45, 7) is 4.00. The van der Waals surface area contributed by atoms with E-state index in [2.05, 4.69) is 10.4 Å². The van der Waals surface area contributed by atoms with Crippen LogP contribution in [0.15, 0.2) is 59.4 Å². The number of aliphatic hydroxyl groups excluding tert-OH is 1. The number of carbonyl (C=O) groups excluding carboxylic acids is 1. The molecule has 0 saturated carbocycles. The monoisotopic (exact) mass is 442 g/mol. The van der Waals surface area contributed by atoms with Gasteiger partial charge in [0.25, 0.3) is 17.4 Å². The van der Waals surface area contributed by atoms with Gasteiger partial charge in [0.2, 0.25) is 0 Å². The summed E-state index contributed by atoms with van der Waals surface area (Å²) < 4.78 is 28.5. The Balaban J connectivity index is 1.88. The van der Waals surface area contributed by atoms with E-state index in [0.717, 1.165) is 11.6 Å². The molecule has 0 bridgehead atoms. The molecule has 0 aliphatic heterocycles. The molecule has 32 heavy (non-hydrogen) atoms. The highest BCUT2D eigenvalue weighted by molar-refractivity contribution is 5.92. The molecule has 0 fully saturated rings. The molecular formula is C23H24F2N4O3. The molecular weight excluding hydrogens is 418 g/mol. The number of nitrogens with zero attached hydrogens (tertiary/aromatic N) is 2. The van der Waals surface area contributed by atoms with Gasteiger partial charge < -0.3 is 16.2 Å². The molecule has 3 rings (SSSR count). The normalized spacial score (nSPS) is 13.4. The van der Waals surface area contributed by atoms with Crippen LogP contribution < -0.4 is 16.6 Å². The van der Waals surface area contributed by atoms with Crippen molar-refractivity contribution in [3.05, 3.63) is 87.3 Å². The lowest BCUT2D eigenvalue weighted by atomic mass is 10.0. The molecule has 0 saturated heterocycles. The average Bonchev–Trinajstić information content (AvgIpc) is 2.73. The number of amides is 1. The second-order valence-corrected chi connectivity index (χ2v) is 7.71. The topological polar surface area (TPSA) is 110 Å². The number of nitrogen functional groups attached to an aromatic ring is 1. The first kappa shape index (κ1) is 23.1. The molecule has 0 unspecified atom stereocenters. The Hall–Kier alpha value is -3.59. The molecule has 1 heterocycles. The van der Waals surface area contributed by atoms with Crippen molar-refractivity contribution in [1.29, 1.82) is 0 Å². The van der Waals surface area contributed by atoms with Crippen molar-refractivity contribution in [2.24, 2.45) is 0 Å². The number of anilines is 1. The van der Waals surface area contributed by atoms with Gasteiger partial charge in [0.05, 0.1) is 17.8 Å². The minimum Gasteiger partial charge on any atom is -0.399 e. The van der Waals surface area contributed by atoms with Crippen LogP contribution in [0.4, 0.5) is 14.5 Å². The van der Waals surface area contributed by atoms with Crippen molar-refractivity contribution in [2.45, 2.75) is 38.8 Å². The van der Waals surface area contributed by atoms with Crippen LogP contribution in [-0.2, 0) is 5.92 Å². The number of aliphatic hydroxyl groups is 1. The fourth-order valence-corrected chi connectivity index (χ4v) is 3.17. The molecule has 0 aliphatic carbocycles. The maximum Gasteiger partial charge on any atom is 0.272 e. The summed E-state index contributed by atoms with van der Waals surface area (Å²) >= 11 is 0. The first-order valence-electron chi connectivity index (χ1n) is 9.94. The standard InChI is InChI=1S/C23H24F2N4O3/c1-13(16-9-17(23(3,24)25)12-18(26)10-16)27-22(32)20-7-8-21(31)29(28-20)19-6-4-5-15(11-19)14(2)30/h4-14,30H,26H2,1-3H3,(H,27,32)/t13-,14+/m1/s1. The molecule has 0 radical (unpaired) electrons. The van der Waals surface area contributed by atoms with Gasteiger partial charge in [0.15, 0.2) is 0 Å². The maximum atomic E-state index is 13.7. The van der Waals surface area contributed by atoms with Gasteiger partial charge in [-0.1, -0.05) is 12.1 Å². The zero-order valence-corrected chi connectivity index (χ0v) is 17.8. The summed E-state index contributed by atoms with van der Waals surface area (Å²) in [5, 5.41) is 16.6.